The van der Waals surface area contributed by atoms with E-state index in [9.17, 15) is 46.5 Å². The van der Waals surface area contributed by atoms with Crippen molar-refractivity contribution >= 4 is 39.5 Å². The Labute approximate surface area is 289 Å². The number of carbonyl (C=O) groups excluding carboxylic acids is 1. The van der Waals surface area contributed by atoms with Gasteiger partial charge < -0.3 is 34.7 Å². The molecule has 4 fully saturated rings. The van der Waals surface area contributed by atoms with E-state index in [-0.39, 0.29) is 43.6 Å². The van der Waals surface area contributed by atoms with Gasteiger partial charge in [-0.05, 0) is 78.9 Å². The number of hydrogen-bond donors (Lipinski definition) is 7. The molecule has 0 aromatic rings. The first-order valence-corrected chi connectivity index (χ1v) is 22.5. The van der Waals surface area contributed by atoms with E-state index in [1.807, 2.05) is 20.8 Å². The van der Waals surface area contributed by atoms with Gasteiger partial charge in [0.2, 0.25) is 17.6 Å². The van der Waals surface area contributed by atoms with Gasteiger partial charge >= 0.3 is 23.5 Å². The van der Waals surface area contributed by atoms with Gasteiger partial charge in [0.25, 0.3) is 10.1 Å². The average Bonchev–Trinajstić information content (AvgIpc) is 3.27. The molecule has 0 saturated heterocycles. The van der Waals surface area contributed by atoms with Gasteiger partial charge in [-0.15, -0.1) is 0 Å². The maximum absolute atomic E-state index is 17.3. The van der Waals surface area contributed by atoms with Crippen molar-refractivity contribution in [3.05, 3.63) is 0 Å². The fourth-order valence-corrected chi connectivity index (χ4v) is 12.0. The third-order valence-corrected chi connectivity index (χ3v) is 14.6. The number of alkyl halides is 2. The van der Waals surface area contributed by atoms with Gasteiger partial charge in [-0.3, -0.25) is 9.32 Å². The fourth-order valence-electron chi connectivity index (χ4n) is 9.86. The van der Waals surface area contributed by atoms with Crippen LogP contribution in [0.3, 0.4) is 0 Å². The summed E-state index contributed by atoms with van der Waals surface area (Å²) in [6.07, 6.45) is 1.18. The molecular formula is C27H48F2NO16P3S. The number of halogens is 2. The monoisotopic (exact) mass is 805 g/mol. The van der Waals surface area contributed by atoms with Crippen molar-refractivity contribution in [3.63, 3.8) is 0 Å². The second-order valence-electron chi connectivity index (χ2n) is 14.9. The van der Waals surface area contributed by atoms with Gasteiger partial charge in [0.15, 0.2) is 6.79 Å². The Morgan fingerprint density at radius 1 is 0.880 bits per heavy atom. The first-order valence-electron chi connectivity index (χ1n) is 16.3. The minimum atomic E-state index is -5.40. The van der Waals surface area contributed by atoms with E-state index in [0.717, 1.165) is 0 Å². The zero-order valence-electron chi connectivity index (χ0n) is 27.9. The Kier molecular flexibility index (Phi) is 12.4. The summed E-state index contributed by atoms with van der Waals surface area (Å²) in [5.74, 6) is -9.59. The number of nitrogens with one attached hydrogen (secondary N) is 1. The summed E-state index contributed by atoms with van der Waals surface area (Å²) in [6.45, 7) is 4.31. The van der Waals surface area contributed by atoms with Gasteiger partial charge in [0.1, 0.15) is 0 Å². The third kappa shape index (κ3) is 10.0. The second kappa shape index (κ2) is 14.7. The largest absolute Gasteiger partial charge is 0.472 e. The number of fused-ring (bicyclic) bond motifs is 5. The number of carbonyl (C=O) groups is 1. The quantitative estimate of drug-likeness (QED) is 0.0705. The summed E-state index contributed by atoms with van der Waals surface area (Å²) in [7, 11) is -19.8. The van der Waals surface area contributed by atoms with E-state index >= 15 is 8.78 Å². The van der Waals surface area contributed by atoms with E-state index in [1.54, 1.807) is 0 Å². The predicted octanol–water partition coefficient (Wildman–Crippen LogP) is 3.75. The van der Waals surface area contributed by atoms with Gasteiger partial charge in [0, 0.05) is 38.1 Å². The van der Waals surface area contributed by atoms with Crippen molar-refractivity contribution < 1.29 is 82.8 Å². The Morgan fingerprint density at radius 2 is 1.50 bits per heavy atom. The highest BCUT2D eigenvalue weighted by atomic mass is 32.2. The molecule has 0 aromatic heterocycles. The van der Waals surface area contributed by atoms with Crippen LogP contribution in [-0.2, 0) is 46.4 Å². The van der Waals surface area contributed by atoms with Crippen LogP contribution in [0, 0.1) is 46.3 Å². The van der Waals surface area contributed by atoms with E-state index in [0.29, 0.717) is 32.1 Å². The SMILES string of the molecule is CC(CCC(=O)NCCS(=O)(=O)OCOP(=O)(O)O)C1CCC2C3C(CCC12C)C1(C)CCC(F)(OP(=O)(O)O)CC1CC3(F)OP(=O)(O)O. The highest BCUT2D eigenvalue weighted by Gasteiger charge is 2.70. The van der Waals surface area contributed by atoms with E-state index in [2.05, 4.69) is 18.5 Å². The van der Waals surface area contributed by atoms with Crippen molar-refractivity contribution in [2.75, 3.05) is 19.1 Å². The van der Waals surface area contributed by atoms with Gasteiger partial charge in [0.05, 0.1) is 5.75 Å². The van der Waals surface area contributed by atoms with Crippen molar-refractivity contribution in [2.45, 2.75) is 96.7 Å². The molecule has 4 rings (SSSR count). The summed E-state index contributed by atoms with van der Waals surface area (Å²) in [5, 5.41) is 2.46. The zero-order valence-corrected chi connectivity index (χ0v) is 31.4. The lowest BCUT2D eigenvalue weighted by molar-refractivity contribution is -0.276. The lowest BCUT2D eigenvalue weighted by Gasteiger charge is -2.64. The van der Waals surface area contributed by atoms with Crippen molar-refractivity contribution in [1.29, 1.82) is 0 Å². The van der Waals surface area contributed by atoms with Crippen LogP contribution in [0.4, 0.5) is 8.78 Å². The lowest BCUT2D eigenvalue weighted by Crippen LogP contribution is -2.63. The molecular weight excluding hydrogens is 757 g/mol. The van der Waals surface area contributed by atoms with E-state index in [1.165, 1.54) is 0 Å². The molecule has 10 unspecified atom stereocenters. The number of phosphoric ester groups is 3. The molecule has 4 saturated carbocycles. The summed E-state index contributed by atoms with van der Waals surface area (Å²) in [4.78, 5) is 68.0. The Balaban J connectivity index is 1.43. The molecule has 10 atom stereocenters. The second-order valence-corrected chi connectivity index (χ2v) is 20.2. The van der Waals surface area contributed by atoms with Gasteiger partial charge in [-0.2, -0.15) is 8.42 Å². The van der Waals surface area contributed by atoms with E-state index < -0.39 is 105 Å². The predicted molar refractivity (Wildman–Crippen MR) is 169 cm³/mol. The molecule has 17 nitrogen and oxygen atoms in total. The van der Waals surface area contributed by atoms with Crippen LogP contribution in [0.15, 0.2) is 0 Å². The van der Waals surface area contributed by atoms with Crippen LogP contribution in [0.2, 0.25) is 0 Å². The van der Waals surface area contributed by atoms with Crippen molar-refractivity contribution in [2.24, 2.45) is 46.3 Å². The van der Waals surface area contributed by atoms with Crippen LogP contribution in [0.1, 0.15) is 85.0 Å². The number of phosphoric acid groups is 3. The first-order chi connectivity index (χ1) is 22.6. The van der Waals surface area contributed by atoms with Crippen LogP contribution in [0.5, 0.6) is 0 Å². The van der Waals surface area contributed by atoms with Crippen molar-refractivity contribution in [1.82, 2.24) is 5.32 Å². The molecule has 4 aliphatic rings. The maximum atomic E-state index is 17.3. The van der Waals surface area contributed by atoms with Gasteiger partial charge in [-0.25, -0.2) is 35.7 Å². The Bertz CT molecular complexity index is 1530. The summed E-state index contributed by atoms with van der Waals surface area (Å²) < 4.78 is 109. The third-order valence-electron chi connectivity index (χ3n) is 11.9. The van der Waals surface area contributed by atoms with Crippen LogP contribution in [0.25, 0.3) is 0 Å². The first kappa shape index (κ1) is 42.3. The molecule has 292 valence electrons. The van der Waals surface area contributed by atoms with Crippen LogP contribution >= 0.6 is 23.5 Å². The average molecular weight is 806 g/mol. The summed E-state index contributed by atoms with van der Waals surface area (Å²) in [5.41, 5.74) is -1.25. The number of rotatable bonds is 15. The van der Waals surface area contributed by atoms with Crippen LogP contribution < -0.4 is 5.32 Å². The topological polar surface area (TPSA) is 273 Å². The molecule has 7 N–H and O–H groups in total. The van der Waals surface area contributed by atoms with E-state index in [4.69, 9.17) is 14.3 Å². The van der Waals surface area contributed by atoms with Gasteiger partial charge in [-0.1, -0.05) is 20.8 Å². The number of amides is 1. The molecule has 50 heavy (non-hydrogen) atoms. The molecule has 0 aromatic carbocycles. The molecule has 0 heterocycles. The molecule has 0 radical (unpaired) electrons. The number of hydrogen-bond acceptors (Lipinski definition) is 10. The molecule has 23 heteroatoms. The van der Waals surface area contributed by atoms with Crippen molar-refractivity contribution in [3.8, 4) is 0 Å². The summed E-state index contributed by atoms with van der Waals surface area (Å²) >= 11 is 0. The minimum Gasteiger partial charge on any atom is -0.355 e. The molecule has 0 spiro atoms. The Morgan fingerprint density at radius 3 is 2.10 bits per heavy atom. The Hall–Kier alpha value is -0.430. The molecule has 4 aliphatic carbocycles. The maximum Gasteiger partial charge on any atom is 0.472 e. The molecule has 0 aliphatic heterocycles. The molecule has 1 amide bonds. The standard InChI is InChI=1S/C27H48F2NO16P3S/c1-17(4-7-22(31)30-12-13-50(41,42)44-16-43-47(32,33)34)19-5-6-20-23-21(8-9-25(19,20)3)24(2)10-11-26(28,45-48(35,36)37)14-18(24)15-27(23,29)46-49(38,39)40/h17-21,23H,4-16H2,1-3H3,(H,30,31)(H2,32,33,34)(H2,35,36,37)(H2,38,39,40). The lowest BCUT2D eigenvalue weighted by atomic mass is 9.43. The highest BCUT2D eigenvalue weighted by molar-refractivity contribution is 7.86. The normalized spacial score (nSPS) is 38.5. The highest BCUT2D eigenvalue weighted by Crippen LogP contribution is 2.73. The summed E-state index contributed by atoms with van der Waals surface area (Å²) in [6, 6.07) is 0. The fraction of sp³-hybridized carbons (Fsp3) is 0.963. The van der Waals surface area contributed by atoms with Crippen LogP contribution in [-0.4, -0.2) is 74.5 Å². The molecule has 0 bridgehead atoms. The zero-order chi connectivity index (χ0) is 37.8. The smallest absolute Gasteiger partial charge is 0.355 e. The minimum absolute atomic E-state index is 0.0182.